The molecule has 0 aromatic carbocycles. The van der Waals surface area contributed by atoms with Crippen LogP contribution >= 0.6 is 0 Å². The smallest absolute Gasteiger partial charge is 0.236 e. The van der Waals surface area contributed by atoms with Gasteiger partial charge in [-0.2, -0.15) is 0 Å². The average molecular weight is 295 g/mol. The van der Waals surface area contributed by atoms with E-state index in [2.05, 4.69) is 32.6 Å². The Hall–Kier alpha value is -0.940. The molecule has 5 heteroatoms. The van der Waals surface area contributed by atoms with E-state index in [4.69, 9.17) is 5.73 Å². The summed E-state index contributed by atoms with van der Waals surface area (Å²) >= 11 is 0. The lowest BCUT2D eigenvalue weighted by Gasteiger charge is -2.52. The fourth-order valence-electron chi connectivity index (χ4n) is 3.85. The first-order chi connectivity index (χ1) is 9.62. The Balaban J connectivity index is 2.06. The second-order valence-corrected chi connectivity index (χ2v) is 7.82. The second-order valence-electron chi connectivity index (χ2n) is 7.82. The van der Waals surface area contributed by atoms with E-state index >= 15 is 0 Å². The minimum Gasteiger partial charge on any atom is -0.341 e. The Morgan fingerprint density at radius 1 is 1.14 bits per heavy atom. The van der Waals surface area contributed by atoms with Crippen molar-refractivity contribution < 1.29 is 9.59 Å². The first-order valence-corrected chi connectivity index (χ1v) is 7.95. The summed E-state index contributed by atoms with van der Waals surface area (Å²) in [7, 11) is 0. The van der Waals surface area contributed by atoms with Crippen molar-refractivity contribution in [3.8, 4) is 0 Å². The van der Waals surface area contributed by atoms with Gasteiger partial charge >= 0.3 is 0 Å². The molecule has 0 aromatic heterocycles. The van der Waals surface area contributed by atoms with E-state index in [0.29, 0.717) is 19.4 Å². The largest absolute Gasteiger partial charge is 0.341 e. The Morgan fingerprint density at radius 3 is 2.10 bits per heavy atom. The number of rotatable bonds is 2. The van der Waals surface area contributed by atoms with E-state index < -0.39 is 0 Å². The SMILES string of the molecule is CC1(C)CC(=O)CC(C)(C)N1CC(=O)N1CCC(N)CC1. The number of carbonyl (C=O) groups is 2. The summed E-state index contributed by atoms with van der Waals surface area (Å²) < 4.78 is 0. The van der Waals surface area contributed by atoms with E-state index in [-0.39, 0.29) is 28.8 Å². The van der Waals surface area contributed by atoms with Crippen LogP contribution in [0.2, 0.25) is 0 Å². The molecule has 0 bridgehead atoms. The van der Waals surface area contributed by atoms with Gasteiger partial charge in [0.2, 0.25) is 5.91 Å². The lowest BCUT2D eigenvalue weighted by Crippen LogP contribution is -2.63. The molecule has 2 aliphatic heterocycles. The fourth-order valence-corrected chi connectivity index (χ4v) is 3.85. The number of piperidine rings is 2. The average Bonchev–Trinajstić information content (AvgIpc) is 2.33. The maximum Gasteiger partial charge on any atom is 0.236 e. The normalized spacial score (nSPS) is 26.9. The zero-order chi connectivity index (χ0) is 15.8. The van der Waals surface area contributed by atoms with Gasteiger partial charge in [-0.15, -0.1) is 0 Å². The summed E-state index contributed by atoms with van der Waals surface area (Å²) in [6.07, 6.45) is 2.82. The molecule has 21 heavy (non-hydrogen) atoms. The van der Waals surface area contributed by atoms with Crippen LogP contribution in [0.25, 0.3) is 0 Å². The Morgan fingerprint density at radius 2 is 1.62 bits per heavy atom. The Bertz CT molecular complexity index is 403. The number of hydrogen-bond donors (Lipinski definition) is 1. The summed E-state index contributed by atoms with van der Waals surface area (Å²) in [5, 5.41) is 0. The standard InChI is InChI=1S/C16H29N3O2/c1-15(2)9-13(20)10-16(3,4)19(15)11-14(21)18-7-5-12(17)6-8-18/h12H,5-11,17H2,1-4H3. The predicted octanol–water partition coefficient (Wildman–Crippen LogP) is 1.16. The van der Waals surface area contributed by atoms with Crippen LogP contribution in [0.5, 0.6) is 0 Å². The van der Waals surface area contributed by atoms with Gasteiger partial charge in [-0.25, -0.2) is 0 Å². The van der Waals surface area contributed by atoms with Crippen molar-refractivity contribution in [2.45, 2.75) is 70.5 Å². The molecule has 2 rings (SSSR count). The van der Waals surface area contributed by atoms with E-state index in [1.165, 1.54) is 0 Å². The predicted molar refractivity (Wildman–Crippen MR) is 82.9 cm³/mol. The molecule has 120 valence electrons. The number of amides is 1. The summed E-state index contributed by atoms with van der Waals surface area (Å²) in [5.74, 6) is 0.454. The highest BCUT2D eigenvalue weighted by Crippen LogP contribution is 2.36. The van der Waals surface area contributed by atoms with Gasteiger partial charge in [0, 0.05) is 43.1 Å². The van der Waals surface area contributed by atoms with E-state index in [1.807, 2.05) is 4.90 Å². The van der Waals surface area contributed by atoms with Crippen molar-refractivity contribution in [2.75, 3.05) is 19.6 Å². The molecule has 0 radical (unpaired) electrons. The number of nitrogens with zero attached hydrogens (tertiary/aromatic N) is 2. The van der Waals surface area contributed by atoms with E-state index in [0.717, 1.165) is 25.9 Å². The monoisotopic (exact) mass is 295 g/mol. The molecular weight excluding hydrogens is 266 g/mol. The lowest BCUT2D eigenvalue weighted by molar-refractivity contribution is -0.145. The van der Waals surface area contributed by atoms with Crippen LogP contribution in [0.4, 0.5) is 0 Å². The van der Waals surface area contributed by atoms with Crippen molar-refractivity contribution >= 4 is 11.7 Å². The van der Waals surface area contributed by atoms with Gasteiger partial charge in [0.1, 0.15) is 5.78 Å². The van der Waals surface area contributed by atoms with Gasteiger partial charge in [0.05, 0.1) is 6.54 Å². The Kier molecular flexibility index (Phi) is 4.45. The summed E-state index contributed by atoms with van der Waals surface area (Å²) in [6.45, 7) is 10.1. The van der Waals surface area contributed by atoms with Crippen LogP contribution in [0.3, 0.4) is 0 Å². The summed E-state index contributed by atoms with van der Waals surface area (Å²) in [6, 6.07) is 0.231. The summed E-state index contributed by atoms with van der Waals surface area (Å²) in [5.41, 5.74) is 5.37. The minimum absolute atomic E-state index is 0.164. The van der Waals surface area contributed by atoms with Crippen LogP contribution in [-0.4, -0.2) is 58.2 Å². The van der Waals surface area contributed by atoms with Crippen molar-refractivity contribution in [2.24, 2.45) is 5.73 Å². The van der Waals surface area contributed by atoms with Crippen molar-refractivity contribution in [1.29, 1.82) is 0 Å². The van der Waals surface area contributed by atoms with Gasteiger partial charge in [-0.1, -0.05) is 0 Å². The topological polar surface area (TPSA) is 66.6 Å². The third kappa shape index (κ3) is 3.64. The Labute approximate surface area is 127 Å². The number of carbonyl (C=O) groups excluding carboxylic acids is 2. The van der Waals surface area contributed by atoms with Gasteiger partial charge in [0.25, 0.3) is 0 Å². The van der Waals surface area contributed by atoms with Crippen molar-refractivity contribution in [3.05, 3.63) is 0 Å². The van der Waals surface area contributed by atoms with Gasteiger partial charge < -0.3 is 10.6 Å². The zero-order valence-electron chi connectivity index (χ0n) is 13.8. The number of Topliss-reactive ketones (excluding diaryl/α,β-unsaturated/α-hetero) is 1. The molecule has 2 fully saturated rings. The molecule has 0 saturated carbocycles. The highest BCUT2D eigenvalue weighted by molar-refractivity contribution is 5.83. The fraction of sp³-hybridized carbons (Fsp3) is 0.875. The van der Waals surface area contributed by atoms with Gasteiger partial charge in [0.15, 0.2) is 0 Å². The first-order valence-electron chi connectivity index (χ1n) is 7.95. The number of hydrogen-bond acceptors (Lipinski definition) is 4. The second kappa shape index (κ2) is 5.69. The van der Waals surface area contributed by atoms with E-state index in [9.17, 15) is 9.59 Å². The first kappa shape index (κ1) is 16.4. The molecule has 0 unspecified atom stereocenters. The molecular formula is C16H29N3O2. The molecule has 0 spiro atoms. The molecule has 5 nitrogen and oxygen atoms in total. The van der Waals surface area contributed by atoms with Crippen LogP contribution < -0.4 is 5.73 Å². The maximum atomic E-state index is 12.6. The van der Waals surface area contributed by atoms with Crippen LogP contribution in [0, 0.1) is 0 Å². The lowest BCUT2D eigenvalue weighted by atomic mass is 9.79. The van der Waals surface area contributed by atoms with Crippen LogP contribution in [0.15, 0.2) is 0 Å². The third-order valence-corrected chi connectivity index (χ3v) is 4.91. The highest BCUT2D eigenvalue weighted by atomic mass is 16.2. The molecule has 2 N–H and O–H groups in total. The molecule has 0 aliphatic carbocycles. The maximum absolute atomic E-state index is 12.6. The molecule has 2 aliphatic rings. The minimum atomic E-state index is -0.263. The van der Waals surface area contributed by atoms with Crippen molar-refractivity contribution in [3.63, 3.8) is 0 Å². The zero-order valence-corrected chi connectivity index (χ0v) is 13.8. The molecule has 0 atom stereocenters. The quantitative estimate of drug-likeness (QED) is 0.830. The molecule has 2 heterocycles. The van der Waals surface area contributed by atoms with Gasteiger partial charge in [-0.3, -0.25) is 14.5 Å². The highest BCUT2D eigenvalue weighted by Gasteiger charge is 2.45. The number of likely N-dealkylation sites (tertiary alicyclic amines) is 2. The molecule has 0 aromatic rings. The molecule has 1 amide bonds. The number of nitrogens with two attached hydrogens (primary N) is 1. The number of ketones is 1. The van der Waals surface area contributed by atoms with Crippen molar-refractivity contribution in [1.82, 2.24) is 9.80 Å². The van der Waals surface area contributed by atoms with Crippen LogP contribution in [-0.2, 0) is 9.59 Å². The van der Waals surface area contributed by atoms with E-state index in [1.54, 1.807) is 0 Å². The summed E-state index contributed by atoms with van der Waals surface area (Å²) in [4.78, 5) is 28.6. The van der Waals surface area contributed by atoms with Crippen LogP contribution in [0.1, 0.15) is 53.4 Å². The third-order valence-electron chi connectivity index (χ3n) is 4.91. The van der Waals surface area contributed by atoms with Gasteiger partial charge in [-0.05, 0) is 40.5 Å². The molecule has 2 saturated heterocycles.